The summed E-state index contributed by atoms with van der Waals surface area (Å²) in [5, 5.41) is 18.6. The van der Waals surface area contributed by atoms with Crippen molar-refractivity contribution < 1.29 is 5.11 Å². The van der Waals surface area contributed by atoms with Gasteiger partial charge in [0.1, 0.15) is 6.10 Å². The fraction of sp³-hybridized carbons (Fsp3) is 0.556. The van der Waals surface area contributed by atoms with Crippen LogP contribution in [0.2, 0.25) is 0 Å². The quantitative estimate of drug-likeness (QED) is 0.736. The van der Waals surface area contributed by atoms with Gasteiger partial charge in [-0.2, -0.15) is 5.26 Å². The zero-order valence-electron chi connectivity index (χ0n) is 8.02. The Hall–Kier alpha value is -1.34. The third-order valence-corrected chi connectivity index (χ3v) is 1.98. The van der Waals surface area contributed by atoms with E-state index in [2.05, 4.69) is 4.98 Å². The van der Waals surface area contributed by atoms with Crippen LogP contribution in [0.3, 0.4) is 0 Å². The molecular weight excluding hydrogens is 166 g/mol. The van der Waals surface area contributed by atoms with Gasteiger partial charge in [-0.25, -0.2) is 4.98 Å². The number of aliphatic hydroxyl groups is 1. The van der Waals surface area contributed by atoms with Gasteiger partial charge in [0.05, 0.1) is 23.5 Å². The first kappa shape index (κ1) is 9.75. The molecule has 1 aromatic rings. The van der Waals surface area contributed by atoms with Crippen molar-refractivity contribution in [3.8, 4) is 6.07 Å². The molecule has 0 amide bonds. The van der Waals surface area contributed by atoms with E-state index in [-0.39, 0.29) is 0 Å². The number of rotatable bonds is 2. The van der Waals surface area contributed by atoms with Gasteiger partial charge in [0.25, 0.3) is 0 Å². The van der Waals surface area contributed by atoms with Gasteiger partial charge in [-0.15, -0.1) is 0 Å². The average Bonchev–Trinajstić information content (AvgIpc) is 2.50. The minimum atomic E-state index is -0.835. The highest BCUT2D eigenvalue weighted by Gasteiger charge is 2.30. The summed E-state index contributed by atoms with van der Waals surface area (Å²) in [6.45, 7) is 3.37. The molecule has 4 heteroatoms. The summed E-state index contributed by atoms with van der Waals surface area (Å²) < 4.78 is 1.74. The molecule has 0 aromatic carbocycles. The predicted molar refractivity (Wildman–Crippen MR) is 47.6 cm³/mol. The summed E-state index contributed by atoms with van der Waals surface area (Å²) in [6.07, 6.45) is 2.48. The molecule has 0 aliphatic rings. The number of nitrogens with zero attached hydrogens (tertiary/aromatic N) is 3. The van der Waals surface area contributed by atoms with Crippen molar-refractivity contribution in [2.75, 3.05) is 0 Å². The molecule has 0 saturated heterocycles. The Labute approximate surface area is 77.4 Å². The highest BCUT2D eigenvalue weighted by atomic mass is 16.3. The number of imidazole rings is 1. The molecule has 0 saturated carbocycles. The van der Waals surface area contributed by atoms with E-state index in [0.29, 0.717) is 5.69 Å². The molecule has 0 spiro atoms. The number of hydrogen-bond acceptors (Lipinski definition) is 3. The van der Waals surface area contributed by atoms with E-state index in [4.69, 9.17) is 5.26 Å². The second-order valence-corrected chi connectivity index (χ2v) is 3.70. The third-order valence-electron chi connectivity index (χ3n) is 1.98. The lowest BCUT2D eigenvalue weighted by Crippen LogP contribution is -2.20. The lowest BCUT2D eigenvalue weighted by atomic mass is 9.87. The standard InChI is InChI=1S/C9H13N3O/c1-9(2,5-10)8(13)7-4-12(3)6-11-7/h4,6,8,13H,1-3H3. The van der Waals surface area contributed by atoms with Gasteiger partial charge in [0, 0.05) is 13.2 Å². The Morgan fingerprint density at radius 2 is 2.31 bits per heavy atom. The largest absolute Gasteiger partial charge is 0.385 e. The molecule has 1 rings (SSSR count). The summed E-state index contributed by atoms with van der Waals surface area (Å²) in [5.74, 6) is 0. The molecule has 0 aliphatic heterocycles. The molecule has 0 aliphatic carbocycles. The molecule has 70 valence electrons. The van der Waals surface area contributed by atoms with E-state index in [1.807, 2.05) is 13.1 Å². The van der Waals surface area contributed by atoms with E-state index in [0.717, 1.165) is 0 Å². The maximum atomic E-state index is 9.76. The van der Waals surface area contributed by atoms with Crippen LogP contribution in [0.15, 0.2) is 12.5 Å². The zero-order valence-corrected chi connectivity index (χ0v) is 8.02. The normalized spacial score (nSPS) is 13.8. The topological polar surface area (TPSA) is 61.8 Å². The van der Waals surface area contributed by atoms with Crippen LogP contribution in [0.25, 0.3) is 0 Å². The second kappa shape index (κ2) is 3.19. The first-order valence-corrected chi connectivity index (χ1v) is 4.04. The molecule has 0 fully saturated rings. The number of hydrogen-bond donors (Lipinski definition) is 1. The molecule has 4 nitrogen and oxygen atoms in total. The van der Waals surface area contributed by atoms with Crippen molar-refractivity contribution >= 4 is 0 Å². The number of aryl methyl sites for hydroxylation is 1. The van der Waals surface area contributed by atoms with Crippen LogP contribution in [0.1, 0.15) is 25.6 Å². The molecule has 1 heterocycles. The van der Waals surface area contributed by atoms with Crippen LogP contribution < -0.4 is 0 Å². The lowest BCUT2D eigenvalue weighted by molar-refractivity contribution is 0.0830. The minimum absolute atomic E-state index is 0.536. The predicted octanol–water partition coefficient (Wildman–Crippen LogP) is 1.00. The maximum Gasteiger partial charge on any atom is 0.115 e. The SMILES string of the molecule is Cn1cnc(C(O)C(C)(C)C#N)c1. The molecule has 13 heavy (non-hydrogen) atoms. The third kappa shape index (κ3) is 1.87. The summed E-state index contributed by atoms with van der Waals surface area (Å²) in [6, 6.07) is 2.05. The van der Waals surface area contributed by atoms with Gasteiger partial charge < -0.3 is 9.67 Å². The smallest absolute Gasteiger partial charge is 0.115 e. The van der Waals surface area contributed by atoms with Crippen LogP contribution in [0.4, 0.5) is 0 Å². The first-order valence-electron chi connectivity index (χ1n) is 4.04. The van der Waals surface area contributed by atoms with Crippen molar-refractivity contribution in [3.63, 3.8) is 0 Å². The molecule has 0 radical (unpaired) electrons. The van der Waals surface area contributed by atoms with Gasteiger partial charge in [0.2, 0.25) is 0 Å². The molecule has 1 atom stereocenters. The Bertz CT molecular complexity index is 335. The highest BCUT2D eigenvalue weighted by Crippen LogP contribution is 2.30. The van der Waals surface area contributed by atoms with Crippen molar-refractivity contribution in [1.82, 2.24) is 9.55 Å². The summed E-state index contributed by atoms with van der Waals surface area (Å²) >= 11 is 0. The molecular formula is C9H13N3O. The van der Waals surface area contributed by atoms with E-state index in [9.17, 15) is 5.11 Å². The molecule has 1 N–H and O–H groups in total. The zero-order chi connectivity index (χ0) is 10.1. The van der Waals surface area contributed by atoms with E-state index in [1.54, 1.807) is 30.9 Å². The number of aromatic nitrogens is 2. The Morgan fingerprint density at radius 1 is 1.69 bits per heavy atom. The second-order valence-electron chi connectivity index (χ2n) is 3.70. The van der Waals surface area contributed by atoms with Gasteiger partial charge in [0.15, 0.2) is 0 Å². The Morgan fingerprint density at radius 3 is 2.69 bits per heavy atom. The Kier molecular flexibility index (Phi) is 2.39. The van der Waals surface area contributed by atoms with Crippen molar-refractivity contribution in [1.29, 1.82) is 5.26 Å². The van der Waals surface area contributed by atoms with Crippen LogP contribution >= 0.6 is 0 Å². The molecule has 1 aromatic heterocycles. The molecule has 0 bridgehead atoms. The van der Waals surface area contributed by atoms with Gasteiger partial charge in [-0.05, 0) is 13.8 Å². The average molecular weight is 179 g/mol. The first-order chi connectivity index (χ1) is 5.97. The summed E-state index contributed by atoms with van der Waals surface area (Å²) in [4.78, 5) is 3.99. The van der Waals surface area contributed by atoms with Crippen molar-refractivity contribution in [3.05, 3.63) is 18.2 Å². The van der Waals surface area contributed by atoms with Gasteiger partial charge in [-0.3, -0.25) is 0 Å². The van der Waals surface area contributed by atoms with Crippen molar-refractivity contribution in [2.24, 2.45) is 12.5 Å². The highest BCUT2D eigenvalue weighted by molar-refractivity contribution is 5.10. The number of nitriles is 1. The van der Waals surface area contributed by atoms with E-state index >= 15 is 0 Å². The van der Waals surface area contributed by atoms with Crippen LogP contribution in [-0.2, 0) is 7.05 Å². The van der Waals surface area contributed by atoms with Crippen LogP contribution in [-0.4, -0.2) is 14.7 Å². The maximum absolute atomic E-state index is 9.76. The van der Waals surface area contributed by atoms with Gasteiger partial charge >= 0.3 is 0 Å². The summed E-state index contributed by atoms with van der Waals surface area (Å²) in [7, 11) is 1.82. The monoisotopic (exact) mass is 179 g/mol. The molecule has 1 unspecified atom stereocenters. The van der Waals surface area contributed by atoms with Gasteiger partial charge in [-0.1, -0.05) is 0 Å². The fourth-order valence-corrected chi connectivity index (χ4v) is 1.01. The van der Waals surface area contributed by atoms with E-state index in [1.165, 1.54) is 0 Å². The van der Waals surface area contributed by atoms with Crippen LogP contribution in [0.5, 0.6) is 0 Å². The summed E-state index contributed by atoms with van der Waals surface area (Å²) in [5.41, 5.74) is -0.261. The fourth-order valence-electron chi connectivity index (χ4n) is 1.01. The number of aliphatic hydroxyl groups excluding tert-OH is 1. The van der Waals surface area contributed by atoms with Crippen molar-refractivity contribution in [2.45, 2.75) is 20.0 Å². The van der Waals surface area contributed by atoms with Crippen LogP contribution in [0, 0.1) is 16.7 Å². The minimum Gasteiger partial charge on any atom is -0.385 e. The lowest BCUT2D eigenvalue weighted by Gasteiger charge is -2.20. The van der Waals surface area contributed by atoms with E-state index < -0.39 is 11.5 Å². The Balaban J connectivity index is 2.92.